The van der Waals surface area contributed by atoms with E-state index in [4.69, 9.17) is 4.74 Å². The van der Waals surface area contributed by atoms with Gasteiger partial charge in [0, 0.05) is 5.56 Å². The monoisotopic (exact) mass is 232 g/mol. The minimum Gasteiger partial charge on any atom is -0.415 e. The molecule has 0 bridgehead atoms. The maximum atomic E-state index is 11.3. The van der Waals surface area contributed by atoms with Gasteiger partial charge in [-0.2, -0.15) is 0 Å². The van der Waals surface area contributed by atoms with Crippen LogP contribution in [0.1, 0.15) is 26.3 Å². The van der Waals surface area contributed by atoms with Crippen LogP contribution in [-0.4, -0.2) is 16.6 Å². The molecule has 0 radical (unpaired) electrons. The molecule has 0 spiro atoms. The van der Waals surface area contributed by atoms with Gasteiger partial charge in [-0.1, -0.05) is 30.3 Å². The number of rotatable bonds is 1. The molecule has 90 valence electrons. The van der Waals surface area contributed by atoms with E-state index < -0.39 is 6.09 Å². The summed E-state index contributed by atoms with van der Waals surface area (Å²) in [6.45, 7) is 6.07. The smallest absolute Gasteiger partial charge is 0.415 e. The molecule has 1 amide bonds. The summed E-state index contributed by atoms with van der Waals surface area (Å²) in [4.78, 5) is 11.3. The first-order chi connectivity index (χ1) is 7.98. The Morgan fingerprint density at radius 3 is 2.41 bits per heavy atom. The van der Waals surface area contributed by atoms with Crippen molar-refractivity contribution in [1.82, 2.24) is 10.4 Å². The van der Waals surface area contributed by atoms with E-state index in [1.165, 1.54) is 6.26 Å². The molecule has 4 nitrogen and oxygen atoms in total. The standard InChI is InChI=1S/C13H16N2O2/c1-13(2,3)15-11(9-17-12(16)14-15)10-7-5-4-6-8-10/h4-9H,1-3H3,(H,14,16). The highest BCUT2D eigenvalue weighted by Crippen LogP contribution is 2.27. The molecule has 0 aromatic heterocycles. The number of ether oxygens (including phenoxy) is 1. The van der Waals surface area contributed by atoms with Crippen LogP contribution in [-0.2, 0) is 4.74 Å². The van der Waals surface area contributed by atoms with E-state index in [0.29, 0.717) is 0 Å². The summed E-state index contributed by atoms with van der Waals surface area (Å²) in [6, 6.07) is 9.81. The summed E-state index contributed by atoms with van der Waals surface area (Å²) in [5.41, 5.74) is 4.33. The Morgan fingerprint density at radius 2 is 1.82 bits per heavy atom. The normalized spacial score (nSPS) is 16.1. The molecular formula is C13H16N2O2. The van der Waals surface area contributed by atoms with E-state index in [0.717, 1.165) is 11.3 Å². The van der Waals surface area contributed by atoms with E-state index in [1.807, 2.05) is 56.1 Å². The largest absolute Gasteiger partial charge is 0.431 e. The van der Waals surface area contributed by atoms with Gasteiger partial charge in [-0.25, -0.2) is 10.2 Å². The fourth-order valence-corrected chi connectivity index (χ4v) is 1.68. The van der Waals surface area contributed by atoms with Crippen LogP contribution in [0.25, 0.3) is 5.70 Å². The molecule has 2 rings (SSSR count). The van der Waals surface area contributed by atoms with E-state index in [2.05, 4.69) is 5.43 Å². The quantitative estimate of drug-likeness (QED) is 0.809. The number of carbonyl (C=O) groups is 1. The van der Waals surface area contributed by atoms with Crippen molar-refractivity contribution in [2.75, 3.05) is 0 Å². The van der Waals surface area contributed by atoms with Crippen molar-refractivity contribution in [3.05, 3.63) is 42.2 Å². The molecule has 1 heterocycles. The molecule has 0 unspecified atom stereocenters. The minimum absolute atomic E-state index is 0.221. The molecule has 1 aliphatic rings. The van der Waals surface area contributed by atoms with Crippen LogP contribution in [0.5, 0.6) is 0 Å². The van der Waals surface area contributed by atoms with Gasteiger partial charge in [-0.15, -0.1) is 0 Å². The predicted molar refractivity (Wildman–Crippen MR) is 65.6 cm³/mol. The van der Waals surface area contributed by atoms with Crippen molar-refractivity contribution in [2.24, 2.45) is 0 Å². The van der Waals surface area contributed by atoms with Gasteiger partial charge in [0.15, 0.2) is 0 Å². The van der Waals surface area contributed by atoms with E-state index in [9.17, 15) is 4.79 Å². The van der Waals surface area contributed by atoms with Crippen LogP contribution in [0.3, 0.4) is 0 Å². The molecule has 0 aliphatic carbocycles. The van der Waals surface area contributed by atoms with Crippen molar-refractivity contribution in [3.8, 4) is 0 Å². The maximum Gasteiger partial charge on any atom is 0.431 e. The maximum absolute atomic E-state index is 11.3. The first-order valence-corrected chi connectivity index (χ1v) is 5.51. The number of cyclic esters (lactones) is 1. The van der Waals surface area contributed by atoms with Gasteiger partial charge < -0.3 is 4.74 Å². The SMILES string of the molecule is CC(C)(C)N1NC(=O)OC=C1c1ccccc1. The van der Waals surface area contributed by atoms with Gasteiger partial charge in [0.1, 0.15) is 12.0 Å². The average molecular weight is 232 g/mol. The molecule has 17 heavy (non-hydrogen) atoms. The van der Waals surface area contributed by atoms with Crippen LogP contribution in [0.4, 0.5) is 4.79 Å². The highest BCUT2D eigenvalue weighted by molar-refractivity contribution is 5.76. The number of nitrogens with zero attached hydrogens (tertiary/aromatic N) is 1. The zero-order valence-corrected chi connectivity index (χ0v) is 10.2. The molecular weight excluding hydrogens is 216 g/mol. The molecule has 1 N–H and O–H groups in total. The number of benzene rings is 1. The topological polar surface area (TPSA) is 41.6 Å². The summed E-state index contributed by atoms with van der Waals surface area (Å²) in [5.74, 6) is 0. The van der Waals surface area contributed by atoms with Gasteiger partial charge in [-0.05, 0) is 20.8 Å². The molecule has 0 saturated carbocycles. The minimum atomic E-state index is -0.459. The second-order valence-electron chi connectivity index (χ2n) is 4.89. The summed E-state index contributed by atoms with van der Waals surface area (Å²) in [6.07, 6.45) is 1.03. The van der Waals surface area contributed by atoms with Crippen LogP contribution >= 0.6 is 0 Å². The molecule has 0 saturated heterocycles. The van der Waals surface area contributed by atoms with Gasteiger partial charge in [0.2, 0.25) is 0 Å². The third kappa shape index (κ3) is 2.41. The molecule has 1 aliphatic heterocycles. The lowest BCUT2D eigenvalue weighted by Gasteiger charge is -2.40. The summed E-state index contributed by atoms with van der Waals surface area (Å²) < 4.78 is 4.92. The number of amides is 1. The first-order valence-electron chi connectivity index (χ1n) is 5.51. The fraction of sp³-hybridized carbons (Fsp3) is 0.308. The average Bonchev–Trinajstić information content (AvgIpc) is 2.29. The van der Waals surface area contributed by atoms with Crippen molar-refractivity contribution in [3.63, 3.8) is 0 Å². The summed E-state index contributed by atoms with van der Waals surface area (Å²) in [7, 11) is 0. The lowest BCUT2D eigenvalue weighted by Crippen LogP contribution is -2.53. The predicted octanol–water partition coefficient (Wildman–Crippen LogP) is 2.74. The Hall–Kier alpha value is -1.97. The van der Waals surface area contributed by atoms with Gasteiger partial charge in [0.25, 0.3) is 0 Å². The Labute approximate surface area is 101 Å². The van der Waals surface area contributed by atoms with Crippen LogP contribution in [0.2, 0.25) is 0 Å². The highest BCUT2D eigenvalue weighted by atomic mass is 16.6. The van der Waals surface area contributed by atoms with Gasteiger partial charge in [-0.3, -0.25) is 5.01 Å². The summed E-state index contributed by atoms with van der Waals surface area (Å²) >= 11 is 0. The number of nitrogens with one attached hydrogen (secondary N) is 1. The lowest BCUT2D eigenvalue weighted by atomic mass is 10.0. The molecule has 4 heteroatoms. The zero-order chi connectivity index (χ0) is 12.5. The van der Waals surface area contributed by atoms with Crippen molar-refractivity contribution >= 4 is 11.8 Å². The van der Waals surface area contributed by atoms with E-state index >= 15 is 0 Å². The Bertz CT molecular complexity index is 446. The first kappa shape index (κ1) is 11.5. The number of hydrazine groups is 1. The molecule has 0 atom stereocenters. The second kappa shape index (κ2) is 4.13. The van der Waals surface area contributed by atoms with Crippen molar-refractivity contribution < 1.29 is 9.53 Å². The van der Waals surface area contributed by atoms with Crippen LogP contribution < -0.4 is 5.43 Å². The summed E-state index contributed by atoms with van der Waals surface area (Å²) in [5, 5.41) is 1.81. The van der Waals surface area contributed by atoms with Crippen LogP contribution in [0, 0.1) is 0 Å². The number of hydrogen-bond acceptors (Lipinski definition) is 3. The second-order valence-corrected chi connectivity index (χ2v) is 4.89. The van der Waals surface area contributed by atoms with Crippen LogP contribution in [0.15, 0.2) is 36.6 Å². The van der Waals surface area contributed by atoms with Gasteiger partial charge >= 0.3 is 6.09 Å². The third-order valence-electron chi connectivity index (χ3n) is 2.46. The Morgan fingerprint density at radius 1 is 1.18 bits per heavy atom. The molecule has 0 fully saturated rings. The number of hydrogen-bond donors (Lipinski definition) is 1. The molecule has 1 aromatic carbocycles. The Kier molecular flexibility index (Phi) is 2.79. The van der Waals surface area contributed by atoms with Gasteiger partial charge in [0.05, 0.1) is 5.54 Å². The Balaban J connectivity index is 2.40. The highest BCUT2D eigenvalue weighted by Gasteiger charge is 2.30. The lowest BCUT2D eigenvalue weighted by molar-refractivity contribution is 0.101. The number of carbonyl (C=O) groups excluding carboxylic acids is 1. The van der Waals surface area contributed by atoms with Crippen molar-refractivity contribution in [2.45, 2.75) is 26.3 Å². The zero-order valence-electron chi connectivity index (χ0n) is 10.2. The van der Waals surface area contributed by atoms with Crippen molar-refractivity contribution in [1.29, 1.82) is 0 Å². The molecule has 1 aromatic rings. The van der Waals surface area contributed by atoms with E-state index in [1.54, 1.807) is 0 Å². The van der Waals surface area contributed by atoms with E-state index in [-0.39, 0.29) is 5.54 Å². The fourth-order valence-electron chi connectivity index (χ4n) is 1.68. The third-order valence-corrected chi connectivity index (χ3v) is 2.46.